The zero-order chi connectivity index (χ0) is 31.8. The Morgan fingerprint density at radius 3 is 2.55 bits per heavy atom. The molecule has 4 heterocycles. The van der Waals surface area contributed by atoms with Crippen LogP contribution < -0.4 is 25.5 Å². The molecular weight excluding hydrogens is 589 g/mol. The number of nitrogens with one attached hydrogen (secondary N) is 2. The van der Waals surface area contributed by atoms with Gasteiger partial charge >= 0.3 is 17.8 Å². The predicted octanol–water partition coefficient (Wildman–Crippen LogP) is 3.41. The number of imidazole rings is 1. The molecule has 16 heteroatoms. The molecule has 0 aliphatic carbocycles. The van der Waals surface area contributed by atoms with Crippen molar-refractivity contribution in [2.75, 3.05) is 20.8 Å². The van der Waals surface area contributed by atoms with E-state index in [1.165, 1.54) is 13.4 Å². The second kappa shape index (κ2) is 11.7. The number of aromatic amines is 2. The van der Waals surface area contributed by atoms with Gasteiger partial charge in [-0.15, -0.1) is 0 Å². The van der Waals surface area contributed by atoms with Crippen molar-refractivity contribution < 1.29 is 37.3 Å². The molecule has 0 radical (unpaired) electrons. The van der Waals surface area contributed by atoms with Crippen molar-refractivity contribution in [1.82, 2.24) is 29.5 Å². The molecule has 1 atom stereocenters. The van der Waals surface area contributed by atoms with E-state index in [1.807, 2.05) is 25.1 Å². The van der Waals surface area contributed by atoms with Crippen LogP contribution in [0.3, 0.4) is 0 Å². The minimum atomic E-state index is -5.08. The Morgan fingerprint density at radius 2 is 1.89 bits per heavy atom. The number of hydrogen-bond acceptors (Lipinski definition) is 9. The lowest BCUT2D eigenvalue weighted by Gasteiger charge is -2.25. The summed E-state index contributed by atoms with van der Waals surface area (Å²) in [6.07, 6.45) is -3.06. The Balaban J connectivity index is 0.000000493. The molecule has 0 bridgehead atoms. The van der Waals surface area contributed by atoms with Crippen molar-refractivity contribution in [2.24, 2.45) is 0 Å². The third-order valence-corrected chi connectivity index (χ3v) is 6.97. The van der Waals surface area contributed by atoms with E-state index in [0.29, 0.717) is 64.5 Å². The number of aliphatic carboxylic acids is 1. The van der Waals surface area contributed by atoms with E-state index >= 15 is 0 Å². The molecule has 0 spiro atoms. The van der Waals surface area contributed by atoms with E-state index < -0.39 is 12.1 Å². The zero-order valence-corrected chi connectivity index (χ0v) is 23.5. The molecule has 3 aromatic heterocycles. The van der Waals surface area contributed by atoms with E-state index in [9.17, 15) is 22.8 Å². The van der Waals surface area contributed by atoms with Crippen LogP contribution in [0.15, 0.2) is 46.2 Å². The summed E-state index contributed by atoms with van der Waals surface area (Å²) in [5.41, 5.74) is 2.96. The van der Waals surface area contributed by atoms with Crippen LogP contribution in [0, 0.1) is 0 Å². The lowest BCUT2D eigenvalue weighted by molar-refractivity contribution is -0.192. The Hall–Kier alpha value is -5.41. The number of aryl methyl sites for hydroxylation is 1. The van der Waals surface area contributed by atoms with Gasteiger partial charge in [0.2, 0.25) is 0 Å². The second-order valence-corrected chi connectivity index (χ2v) is 9.61. The van der Waals surface area contributed by atoms with Crippen LogP contribution in [0.5, 0.6) is 17.2 Å². The van der Waals surface area contributed by atoms with Gasteiger partial charge in [-0.1, -0.05) is 0 Å². The van der Waals surface area contributed by atoms with E-state index in [0.717, 1.165) is 17.1 Å². The number of hydrogen-bond donors (Lipinski definition) is 3. The second-order valence-electron chi connectivity index (χ2n) is 9.61. The first-order valence-electron chi connectivity index (χ1n) is 13.1. The molecule has 0 fully saturated rings. The van der Waals surface area contributed by atoms with Crippen LogP contribution in [0.2, 0.25) is 0 Å². The molecule has 1 aliphatic heterocycles. The van der Waals surface area contributed by atoms with Crippen molar-refractivity contribution in [3.05, 3.63) is 68.9 Å². The van der Waals surface area contributed by atoms with Gasteiger partial charge in [0, 0.05) is 12.1 Å². The topological polar surface area (TPSA) is 174 Å². The largest absolute Gasteiger partial charge is 0.497 e. The average Bonchev–Trinajstić information content (AvgIpc) is 3.34. The Kier molecular flexibility index (Phi) is 7.99. The van der Waals surface area contributed by atoms with Gasteiger partial charge in [0.15, 0.2) is 5.65 Å². The maximum atomic E-state index is 13.3. The quantitative estimate of drug-likeness (QED) is 0.266. The highest BCUT2D eigenvalue weighted by Crippen LogP contribution is 2.36. The molecule has 0 saturated carbocycles. The number of halogens is 3. The number of fused-ring (bicyclic) bond motifs is 3. The Labute approximate surface area is 245 Å². The standard InChI is InChI=1S/C26H24N6O5.C2HF3O2/c1-4-32-22-20(27-12-28-24(22)31-26(32)34)14-9-17-21(19(10-14)36-3)29-23(30-25(17)33)15-7-13-8-16(35-2)5-6-18(13)37-11-15;3-2(4,5)1(6)7/h5-6,8-10,12,15H,4,7,11H2,1-3H3,(H,29,30,33)(H,27,28,31,34);(H,6,7). The predicted molar refractivity (Wildman–Crippen MR) is 150 cm³/mol. The summed E-state index contributed by atoms with van der Waals surface area (Å²) in [5.74, 6) is -0.423. The number of carboxylic acid groups (broad SMARTS) is 1. The number of methoxy groups -OCH3 is 2. The molecular formula is C28H25F3N6O7. The van der Waals surface area contributed by atoms with E-state index in [-0.39, 0.29) is 17.2 Å². The van der Waals surface area contributed by atoms with E-state index in [2.05, 4.69) is 19.9 Å². The minimum Gasteiger partial charge on any atom is -0.497 e. The van der Waals surface area contributed by atoms with Crippen LogP contribution in [-0.2, 0) is 17.8 Å². The fourth-order valence-corrected chi connectivity index (χ4v) is 4.90. The third-order valence-electron chi connectivity index (χ3n) is 6.97. The van der Waals surface area contributed by atoms with Gasteiger partial charge < -0.3 is 24.3 Å². The molecule has 0 amide bonds. The van der Waals surface area contributed by atoms with Crippen molar-refractivity contribution in [1.29, 1.82) is 0 Å². The van der Waals surface area contributed by atoms with Gasteiger partial charge in [-0.2, -0.15) is 13.2 Å². The molecule has 3 N–H and O–H groups in total. The molecule has 44 heavy (non-hydrogen) atoms. The smallest absolute Gasteiger partial charge is 0.490 e. The van der Waals surface area contributed by atoms with Crippen LogP contribution >= 0.6 is 0 Å². The normalized spacial score (nSPS) is 14.4. The summed E-state index contributed by atoms with van der Waals surface area (Å²) < 4.78 is 50.2. The highest BCUT2D eigenvalue weighted by molar-refractivity contribution is 5.94. The fourth-order valence-electron chi connectivity index (χ4n) is 4.90. The fraction of sp³-hybridized carbons (Fsp3) is 0.286. The van der Waals surface area contributed by atoms with Gasteiger partial charge in [-0.3, -0.25) is 14.3 Å². The number of rotatable bonds is 5. The number of nitrogens with zero attached hydrogens (tertiary/aromatic N) is 4. The summed E-state index contributed by atoms with van der Waals surface area (Å²) in [6, 6.07) is 9.17. The molecule has 1 unspecified atom stereocenters. The maximum absolute atomic E-state index is 13.3. The maximum Gasteiger partial charge on any atom is 0.490 e. The lowest BCUT2D eigenvalue weighted by Crippen LogP contribution is -2.24. The first-order valence-corrected chi connectivity index (χ1v) is 13.1. The number of carboxylic acids is 1. The monoisotopic (exact) mass is 614 g/mol. The number of benzene rings is 2. The third kappa shape index (κ3) is 5.65. The number of ether oxygens (including phenoxy) is 3. The molecule has 0 saturated heterocycles. The Bertz CT molecular complexity index is 2000. The van der Waals surface area contributed by atoms with Crippen LogP contribution in [0.1, 0.15) is 24.2 Å². The van der Waals surface area contributed by atoms with Gasteiger partial charge in [0.1, 0.15) is 40.4 Å². The highest BCUT2D eigenvalue weighted by atomic mass is 19.4. The zero-order valence-electron chi connectivity index (χ0n) is 23.5. The van der Waals surface area contributed by atoms with Gasteiger partial charge in [-0.25, -0.2) is 24.5 Å². The molecule has 1 aliphatic rings. The first-order chi connectivity index (χ1) is 20.9. The molecule has 6 rings (SSSR count). The van der Waals surface area contributed by atoms with Gasteiger partial charge in [0.05, 0.1) is 37.8 Å². The summed E-state index contributed by atoms with van der Waals surface area (Å²) in [7, 11) is 3.15. The average molecular weight is 615 g/mol. The summed E-state index contributed by atoms with van der Waals surface area (Å²) in [4.78, 5) is 53.7. The Morgan fingerprint density at radius 1 is 1.14 bits per heavy atom. The van der Waals surface area contributed by atoms with Crippen LogP contribution in [0.25, 0.3) is 33.3 Å². The van der Waals surface area contributed by atoms with Crippen LogP contribution in [0.4, 0.5) is 13.2 Å². The summed E-state index contributed by atoms with van der Waals surface area (Å²) in [5, 5.41) is 7.48. The van der Waals surface area contributed by atoms with E-state index in [4.69, 9.17) is 29.1 Å². The number of aromatic nitrogens is 6. The number of alkyl halides is 3. The van der Waals surface area contributed by atoms with Gasteiger partial charge in [-0.05, 0) is 49.2 Å². The number of H-pyrrole nitrogens is 2. The number of carbonyl (C=O) groups is 1. The molecule has 13 nitrogen and oxygen atoms in total. The van der Waals surface area contributed by atoms with Gasteiger partial charge in [0.25, 0.3) is 5.56 Å². The summed E-state index contributed by atoms with van der Waals surface area (Å²) >= 11 is 0. The lowest BCUT2D eigenvalue weighted by atomic mass is 9.95. The van der Waals surface area contributed by atoms with E-state index in [1.54, 1.807) is 23.8 Å². The highest BCUT2D eigenvalue weighted by Gasteiger charge is 2.38. The molecule has 5 aromatic rings. The van der Waals surface area contributed by atoms with Crippen molar-refractivity contribution >= 4 is 28.0 Å². The van der Waals surface area contributed by atoms with Crippen molar-refractivity contribution in [3.63, 3.8) is 0 Å². The molecule has 2 aromatic carbocycles. The van der Waals surface area contributed by atoms with Crippen molar-refractivity contribution in [3.8, 4) is 28.5 Å². The molecule has 230 valence electrons. The van der Waals surface area contributed by atoms with Crippen LogP contribution in [-0.4, -0.2) is 67.6 Å². The van der Waals surface area contributed by atoms with Crippen molar-refractivity contribution in [2.45, 2.75) is 32.0 Å². The minimum absolute atomic E-state index is 0.151. The first kappa shape index (κ1) is 30.1. The summed E-state index contributed by atoms with van der Waals surface area (Å²) in [6.45, 7) is 2.69. The SMILES string of the molecule is CCn1c(=O)[nH]c2ncnc(-c3cc(OC)c4nc(C5COc6ccc(OC)cc6C5)[nH]c(=O)c4c3)c21.O=C(O)C(F)(F)F.